The summed E-state index contributed by atoms with van der Waals surface area (Å²) in [5.74, 6) is 0. The number of nitrogens with one attached hydrogen (secondary N) is 1. The van der Waals surface area contributed by atoms with Gasteiger partial charge in [0, 0.05) is 35.9 Å². The van der Waals surface area contributed by atoms with Crippen molar-refractivity contribution in [3.05, 3.63) is 28.8 Å². The first-order chi connectivity index (χ1) is 8.37. The third-order valence-corrected chi connectivity index (χ3v) is 3.33. The van der Waals surface area contributed by atoms with E-state index in [2.05, 4.69) is 63.0 Å². The first-order valence-electron chi connectivity index (χ1n) is 6.65. The van der Waals surface area contributed by atoms with Gasteiger partial charge in [0.1, 0.15) is 0 Å². The van der Waals surface area contributed by atoms with Gasteiger partial charge in [-0.15, -0.1) is 0 Å². The summed E-state index contributed by atoms with van der Waals surface area (Å²) in [6, 6.07) is 6.33. The summed E-state index contributed by atoms with van der Waals surface area (Å²) < 4.78 is 0. The molecule has 0 amide bonds. The van der Waals surface area contributed by atoms with Gasteiger partial charge in [0.25, 0.3) is 0 Å². The molecule has 1 aromatic rings. The lowest BCUT2D eigenvalue weighted by Crippen LogP contribution is -2.35. The molecule has 0 saturated carbocycles. The standard InChI is InChI=1S/C15H25ClN2/c1-6-18(7-2)13-9-8-12(14(16)10-13)11-17-15(3,4)5/h8-10,17H,6-7,11H2,1-5H3. The van der Waals surface area contributed by atoms with Crippen molar-refractivity contribution >= 4 is 17.3 Å². The van der Waals surface area contributed by atoms with E-state index in [1.807, 2.05) is 0 Å². The van der Waals surface area contributed by atoms with E-state index in [4.69, 9.17) is 11.6 Å². The van der Waals surface area contributed by atoms with Gasteiger partial charge in [-0.05, 0) is 52.3 Å². The Bertz CT molecular complexity index is 379. The molecule has 0 saturated heterocycles. The van der Waals surface area contributed by atoms with E-state index in [-0.39, 0.29) is 5.54 Å². The van der Waals surface area contributed by atoms with Crippen LogP contribution in [0.25, 0.3) is 0 Å². The monoisotopic (exact) mass is 268 g/mol. The van der Waals surface area contributed by atoms with Gasteiger partial charge in [-0.1, -0.05) is 17.7 Å². The normalized spacial score (nSPS) is 11.7. The highest BCUT2D eigenvalue weighted by molar-refractivity contribution is 6.31. The Kier molecular flexibility index (Phi) is 5.48. The maximum atomic E-state index is 6.35. The van der Waals surface area contributed by atoms with Crippen LogP contribution in [0, 0.1) is 0 Å². The van der Waals surface area contributed by atoms with Crippen molar-refractivity contribution in [2.24, 2.45) is 0 Å². The average Bonchev–Trinajstić information content (AvgIpc) is 2.28. The number of benzene rings is 1. The van der Waals surface area contributed by atoms with Gasteiger partial charge in [-0.3, -0.25) is 0 Å². The van der Waals surface area contributed by atoms with Crippen LogP contribution < -0.4 is 10.2 Å². The van der Waals surface area contributed by atoms with Crippen molar-refractivity contribution < 1.29 is 0 Å². The third-order valence-electron chi connectivity index (χ3n) is 2.97. The van der Waals surface area contributed by atoms with Crippen LogP contribution in [-0.2, 0) is 6.54 Å². The van der Waals surface area contributed by atoms with Crippen LogP contribution in [0.15, 0.2) is 18.2 Å². The van der Waals surface area contributed by atoms with E-state index in [0.717, 1.165) is 30.2 Å². The first-order valence-corrected chi connectivity index (χ1v) is 7.03. The van der Waals surface area contributed by atoms with Gasteiger partial charge in [0.05, 0.1) is 0 Å². The second kappa shape index (κ2) is 6.44. The molecular weight excluding hydrogens is 244 g/mol. The first kappa shape index (κ1) is 15.3. The quantitative estimate of drug-likeness (QED) is 0.866. The summed E-state index contributed by atoms with van der Waals surface area (Å²) in [5, 5.41) is 4.30. The Morgan fingerprint density at radius 3 is 2.22 bits per heavy atom. The number of nitrogens with zero attached hydrogens (tertiary/aromatic N) is 1. The summed E-state index contributed by atoms with van der Waals surface area (Å²) in [7, 11) is 0. The number of halogens is 1. The smallest absolute Gasteiger partial charge is 0.0471 e. The van der Waals surface area contributed by atoms with E-state index in [1.54, 1.807) is 0 Å². The molecule has 2 nitrogen and oxygen atoms in total. The molecule has 0 radical (unpaired) electrons. The van der Waals surface area contributed by atoms with Crippen LogP contribution in [0.2, 0.25) is 5.02 Å². The molecule has 3 heteroatoms. The highest BCUT2D eigenvalue weighted by Gasteiger charge is 2.11. The Morgan fingerprint density at radius 1 is 1.17 bits per heavy atom. The molecule has 1 N–H and O–H groups in total. The molecular formula is C15H25ClN2. The average molecular weight is 269 g/mol. The van der Waals surface area contributed by atoms with E-state index in [9.17, 15) is 0 Å². The molecule has 0 atom stereocenters. The van der Waals surface area contributed by atoms with Crippen LogP contribution in [0.4, 0.5) is 5.69 Å². The zero-order chi connectivity index (χ0) is 13.8. The van der Waals surface area contributed by atoms with Crippen molar-refractivity contribution in [2.45, 2.75) is 46.7 Å². The fraction of sp³-hybridized carbons (Fsp3) is 0.600. The summed E-state index contributed by atoms with van der Waals surface area (Å²) in [5.41, 5.74) is 2.47. The SMILES string of the molecule is CCN(CC)c1ccc(CNC(C)(C)C)c(Cl)c1. The highest BCUT2D eigenvalue weighted by Crippen LogP contribution is 2.24. The minimum absolute atomic E-state index is 0.112. The summed E-state index contributed by atoms with van der Waals surface area (Å²) in [6.07, 6.45) is 0. The van der Waals surface area contributed by atoms with Crippen molar-refractivity contribution in [3.8, 4) is 0 Å². The topological polar surface area (TPSA) is 15.3 Å². The minimum atomic E-state index is 0.112. The van der Waals surface area contributed by atoms with E-state index < -0.39 is 0 Å². The zero-order valence-electron chi connectivity index (χ0n) is 12.2. The Hall–Kier alpha value is -0.730. The fourth-order valence-electron chi connectivity index (χ4n) is 1.83. The molecule has 0 aliphatic heterocycles. The lowest BCUT2D eigenvalue weighted by atomic mass is 10.1. The molecule has 18 heavy (non-hydrogen) atoms. The molecule has 0 heterocycles. The van der Waals surface area contributed by atoms with Gasteiger partial charge in [-0.25, -0.2) is 0 Å². The second-order valence-corrected chi connectivity index (χ2v) is 5.96. The third kappa shape index (κ3) is 4.51. The predicted octanol–water partition coefficient (Wildman–Crippen LogP) is 4.07. The Morgan fingerprint density at radius 2 is 1.78 bits per heavy atom. The van der Waals surface area contributed by atoms with Gasteiger partial charge < -0.3 is 10.2 Å². The van der Waals surface area contributed by atoms with Crippen molar-refractivity contribution in [3.63, 3.8) is 0 Å². The van der Waals surface area contributed by atoms with Crippen LogP contribution in [-0.4, -0.2) is 18.6 Å². The zero-order valence-corrected chi connectivity index (χ0v) is 12.9. The van der Waals surface area contributed by atoms with Gasteiger partial charge in [0.2, 0.25) is 0 Å². The Balaban J connectivity index is 2.79. The largest absolute Gasteiger partial charge is 0.372 e. The number of anilines is 1. The van der Waals surface area contributed by atoms with Crippen LogP contribution in [0.5, 0.6) is 0 Å². The maximum absolute atomic E-state index is 6.35. The van der Waals surface area contributed by atoms with Gasteiger partial charge in [-0.2, -0.15) is 0 Å². The van der Waals surface area contributed by atoms with Gasteiger partial charge in [0.15, 0.2) is 0 Å². The van der Waals surface area contributed by atoms with Crippen molar-refractivity contribution in [2.75, 3.05) is 18.0 Å². The van der Waals surface area contributed by atoms with Gasteiger partial charge >= 0.3 is 0 Å². The second-order valence-electron chi connectivity index (χ2n) is 5.55. The Labute approximate surface area is 116 Å². The fourth-order valence-corrected chi connectivity index (χ4v) is 2.07. The van der Waals surface area contributed by atoms with E-state index >= 15 is 0 Å². The molecule has 0 aromatic heterocycles. The highest BCUT2D eigenvalue weighted by atomic mass is 35.5. The molecule has 0 bridgehead atoms. The van der Waals surface area contributed by atoms with E-state index in [0.29, 0.717) is 0 Å². The number of hydrogen-bond acceptors (Lipinski definition) is 2. The van der Waals surface area contributed by atoms with Crippen LogP contribution >= 0.6 is 11.6 Å². The molecule has 102 valence electrons. The molecule has 0 fully saturated rings. The summed E-state index contributed by atoms with van der Waals surface area (Å²) in [4.78, 5) is 2.30. The van der Waals surface area contributed by atoms with Crippen molar-refractivity contribution in [1.82, 2.24) is 5.32 Å². The molecule has 0 unspecified atom stereocenters. The lowest BCUT2D eigenvalue weighted by Gasteiger charge is -2.23. The summed E-state index contributed by atoms with van der Waals surface area (Å²) >= 11 is 6.35. The molecule has 1 aromatic carbocycles. The van der Waals surface area contributed by atoms with Crippen molar-refractivity contribution in [1.29, 1.82) is 0 Å². The predicted molar refractivity (Wildman–Crippen MR) is 81.6 cm³/mol. The van der Waals surface area contributed by atoms with E-state index in [1.165, 1.54) is 5.69 Å². The molecule has 1 rings (SSSR count). The molecule has 0 aliphatic rings. The van der Waals surface area contributed by atoms with Crippen LogP contribution in [0.1, 0.15) is 40.2 Å². The lowest BCUT2D eigenvalue weighted by molar-refractivity contribution is 0.424. The summed E-state index contributed by atoms with van der Waals surface area (Å²) in [6.45, 7) is 13.6. The maximum Gasteiger partial charge on any atom is 0.0471 e. The minimum Gasteiger partial charge on any atom is -0.372 e. The molecule has 0 aliphatic carbocycles. The number of rotatable bonds is 5. The molecule has 0 spiro atoms. The van der Waals surface area contributed by atoms with Crippen LogP contribution in [0.3, 0.4) is 0 Å². The number of hydrogen-bond donors (Lipinski definition) is 1.